The Bertz CT molecular complexity index is 206. The fourth-order valence-electron chi connectivity index (χ4n) is 1.41. The average molecular weight is 217 g/mol. The van der Waals surface area contributed by atoms with Gasteiger partial charge in [0.15, 0.2) is 0 Å². The van der Waals surface area contributed by atoms with Crippen molar-refractivity contribution in [2.45, 2.75) is 44.4 Å². The van der Waals surface area contributed by atoms with Crippen LogP contribution in [0.15, 0.2) is 17.5 Å². The first-order valence-corrected chi connectivity index (χ1v) is 6.31. The van der Waals surface area contributed by atoms with E-state index in [1.54, 1.807) is 0 Å². The molecule has 2 heteroatoms. The molecule has 0 bridgehead atoms. The molecule has 0 nitrogen and oxygen atoms in total. The number of hydrogen-bond acceptors (Lipinski definition) is 1. The third-order valence-electron chi connectivity index (χ3n) is 2.12. The van der Waals surface area contributed by atoms with Crippen LogP contribution in [0.2, 0.25) is 0 Å². The van der Waals surface area contributed by atoms with Gasteiger partial charge in [-0.1, -0.05) is 19.4 Å². The summed E-state index contributed by atoms with van der Waals surface area (Å²) in [6, 6.07) is 4.32. The Morgan fingerprint density at radius 3 is 2.92 bits per heavy atom. The Balaban J connectivity index is 2.07. The maximum absolute atomic E-state index is 6.12. The van der Waals surface area contributed by atoms with Crippen molar-refractivity contribution in [2.24, 2.45) is 0 Å². The molecule has 0 aliphatic carbocycles. The summed E-state index contributed by atoms with van der Waals surface area (Å²) in [6.07, 6.45) is 5.95. The van der Waals surface area contributed by atoms with E-state index in [1.165, 1.54) is 24.1 Å². The SMILES string of the molecule is CCCC(Cl)CCCc1cccs1. The zero-order valence-corrected chi connectivity index (χ0v) is 9.70. The third-order valence-corrected chi connectivity index (χ3v) is 3.50. The van der Waals surface area contributed by atoms with Crippen LogP contribution in [0, 0.1) is 0 Å². The summed E-state index contributed by atoms with van der Waals surface area (Å²) in [7, 11) is 0. The Hall–Kier alpha value is -0.0100. The molecule has 1 rings (SSSR count). The lowest BCUT2D eigenvalue weighted by Crippen LogP contribution is -1.97. The van der Waals surface area contributed by atoms with E-state index in [9.17, 15) is 0 Å². The van der Waals surface area contributed by atoms with Crippen LogP contribution in [0.25, 0.3) is 0 Å². The van der Waals surface area contributed by atoms with Crippen LogP contribution >= 0.6 is 22.9 Å². The summed E-state index contributed by atoms with van der Waals surface area (Å²) in [5.41, 5.74) is 0. The Kier molecular flexibility index (Phi) is 5.49. The van der Waals surface area contributed by atoms with Crippen LogP contribution in [0.3, 0.4) is 0 Å². The predicted octanol–water partition coefficient (Wildman–Crippen LogP) is 4.48. The van der Waals surface area contributed by atoms with Gasteiger partial charge in [0.1, 0.15) is 0 Å². The standard InChI is InChI=1S/C11H17ClS/c1-2-5-10(12)6-3-7-11-8-4-9-13-11/h4,8-10H,2-3,5-7H2,1H3. The van der Waals surface area contributed by atoms with Gasteiger partial charge in [0.2, 0.25) is 0 Å². The normalized spacial score (nSPS) is 13.1. The summed E-state index contributed by atoms with van der Waals surface area (Å²) in [4.78, 5) is 1.49. The molecule has 0 radical (unpaired) electrons. The van der Waals surface area contributed by atoms with E-state index in [0.29, 0.717) is 5.38 Å². The van der Waals surface area contributed by atoms with Crippen molar-refractivity contribution in [1.29, 1.82) is 0 Å². The van der Waals surface area contributed by atoms with Gasteiger partial charge < -0.3 is 0 Å². The van der Waals surface area contributed by atoms with Crippen molar-refractivity contribution in [1.82, 2.24) is 0 Å². The zero-order valence-electron chi connectivity index (χ0n) is 8.13. The van der Waals surface area contributed by atoms with Crippen LogP contribution in [0.5, 0.6) is 0 Å². The molecule has 0 aliphatic heterocycles. The second-order valence-corrected chi connectivity index (χ2v) is 5.01. The molecule has 1 aromatic rings. The fourth-order valence-corrected chi connectivity index (χ4v) is 2.53. The lowest BCUT2D eigenvalue weighted by molar-refractivity contribution is 0.642. The van der Waals surface area contributed by atoms with Gasteiger partial charge in [-0.05, 0) is 37.1 Å². The summed E-state index contributed by atoms with van der Waals surface area (Å²) >= 11 is 7.97. The molecule has 1 atom stereocenters. The first-order valence-electron chi connectivity index (χ1n) is 4.99. The number of rotatable bonds is 6. The van der Waals surface area contributed by atoms with Crippen molar-refractivity contribution in [3.63, 3.8) is 0 Å². The highest BCUT2D eigenvalue weighted by Gasteiger charge is 2.02. The minimum atomic E-state index is 0.393. The highest BCUT2D eigenvalue weighted by Crippen LogP contribution is 2.16. The molecule has 1 aromatic heterocycles. The van der Waals surface area contributed by atoms with Crippen LogP contribution in [0.4, 0.5) is 0 Å². The van der Waals surface area contributed by atoms with E-state index in [2.05, 4.69) is 24.4 Å². The zero-order chi connectivity index (χ0) is 9.52. The first-order chi connectivity index (χ1) is 6.33. The largest absolute Gasteiger partial charge is 0.149 e. The molecule has 1 unspecified atom stereocenters. The quantitative estimate of drug-likeness (QED) is 0.616. The monoisotopic (exact) mass is 216 g/mol. The van der Waals surface area contributed by atoms with Gasteiger partial charge in [0, 0.05) is 10.3 Å². The van der Waals surface area contributed by atoms with Crippen molar-refractivity contribution in [3.05, 3.63) is 22.4 Å². The van der Waals surface area contributed by atoms with E-state index < -0.39 is 0 Å². The lowest BCUT2D eigenvalue weighted by Gasteiger charge is -2.06. The molecule has 0 N–H and O–H groups in total. The average Bonchev–Trinajstić information content (AvgIpc) is 2.57. The van der Waals surface area contributed by atoms with Gasteiger partial charge in [-0.15, -0.1) is 22.9 Å². The number of halogens is 1. The Morgan fingerprint density at radius 1 is 1.46 bits per heavy atom. The van der Waals surface area contributed by atoms with Crippen LogP contribution in [-0.4, -0.2) is 5.38 Å². The summed E-state index contributed by atoms with van der Waals surface area (Å²) in [6.45, 7) is 2.19. The molecule has 0 aliphatic rings. The maximum atomic E-state index is 6.12. The van der Waals surface area contributed by atoms with Crippen LogP contribution in [0.1, 0.15) is 37.5 Å². The highest BCUT2D eigenvalue weighted by molar-refractivity contribution is 7.09. The van der Waals surface area contributed by atoms with Crippen molar-refractivity contribution in [3.8, 4) is 0 Å². The van der Waals surface area contributed by atoms with Gasteiger partial charge >= 0.3 is 0 Å². The van der Waals surface area contributed by atoms with Gasteiger partial charge in [-0.3, -0.25) is 0 Å². The topological polar surface area (TPSA) is 0 Å². The van der Waals surface area contributed by atoms with E-state index in [0.717, 1.165) is 12.8 Å². The van der Waals surface area contributed by atoms with Crippen molar-refractivity contribution < 1.29 is 0 Å². The molecular formula is C11H17ClS. The van der Waals surface area contributed by atoms with E-state index >= 15 is 0 Å². The second-order valence-electron chi connectivity index (χ2n) is 3.36. The molecular weight excluding hydrogens is 200 g/mol. The maximum Gasteiger partial charge on any atom is 0.0336 e. The predicted molar refractivity (Wildman–Crippen MR) is 61.8 cm³/mol. The lowest BCUT2D eigenvalue weighted by atomic mass is 10.1. The van der Waals surface area contributed by atoms with Gasteiger partial charge in [-0.2, -0.15) is 0 Å². The van der Waals surface area contributed by atoms with E-state index in [4.69, 9.17) is 11.6 Å². The molecule has 0 saturated heterocycles. The molecule has 13 heavy (non-hydrogen) atoms. The van der Waals surface area contributed by atoms with Gasteiger partial charge in [0.25, 0.3) is 0 Å². The first kappa shape index (κ1) is 11.1. The van der Waals surface area contributed by atoms with E-state index in [-0.39, 0.29) is 0 Å². The highest BCUT2D eigenvalue weighted by atomic mass is 35.5. The summed E-state index contributed by atoms with van der Waals surface area (Å²) in [5, 5.41) is 2.53. The molecule has 0 aromatic carbocycles. The van der Waals surface area contributed by atoms with Crippen LogP contribution in [-0.2, 0) is 6.42 Å². The molecule has 0 spiro atoms. The fraction of sp³-hybridized carbons (Fsp3) is 0.636. The molecule has 0 amide bonds. The summed E-state index contributed by atoms with van der Waals surface area (Å²) in [5.74, 6) is 0. The van der Waals surface area contributed by atoms with Crippen molar-refractivity contribution in [2.75, 3.05) is 0 Å². The Labute approximate surface area is 89.9 Å². The number of alkyl halides is 1. The number of aryl methyl sites for hydroxylation is 1. The molecule has 1 heterocycles. The second kappa shape index (κ2) is 6.44. The number of thiophene rings is 1. The molecule has 0 saturated carbocycles. The van der Waals surface area contributed by atoms with Crippen LogP contribution < -0.4 is 0 Å². The van der Waals surface area contributed by atoms with Gasteiger partial charge in [-0.25, -0.2) is 0 Å². The minimum Gasteiger partial charge on any atom is -0.149 e. The third kappa shape index (κ3) is 4.68. The summed E-state index contributed by atoms with van der Waals surface area (Å²) < 4.78 is 0. The molecule has 74 valence electrons. The minimum absolute atomic E-state index is 0.393. The van der Waals surface area contributed by atoms with Crippen molar-refractivity contribution >= 4 is 22.9 Å². The van der Waals surface area contributed by atoms with Gasteiger partial charge in [0.05, 0.1) is 0 Å². The number of hydrogen-bond donors (Lipinski definition) is 0. The Morgan fingerprint density at radius 2 is 2.31 bits per heavy atom. The smallest absolute Gasteiger partial charge is 0.0336 e. The molecule has 0 fully saturated rings. The van der Waals surface area contributed by atoms with E-state index in [1.807, 2.05) is 11.3 Å².